The van der Waals surface area contributed by atoms with E-state index in [2.05, 4.69) is 18.8 Å². The zero-order valence-corrected chi connectivity index (χ0v) is 16.5. The van der Waals surface area contributed by atoms with Crippen molar-refractivity contribution in [1.29, 1.82) is 0 Å². The summed E-state index contributed by atoms with van der Waals surface area (Å²) in [5.41, 5.74) is 2.26. The molecule has 0 saturated heterocycles. The Balaban J connectivity index is 2.07. The maximum absolute atomic E-state index is 12.6. The van der Waals surface area contributed by atoms with Gasteiger partial charge in [0, 0.05) is 17.4 Å². The number of hydrogen-bond acceptors (Lipinski definition) is 7. The fourth-order valence-corrected chi connectivity index (χ4v) is 5.95. The van der Waals surface area contributed by atoms with Crippen LogP contribution in [-0.2, 0) is 11.2 Å². The fraction of sp³-hybridized carbons (Fsp3) is 0.471. The monoisotopic (exact) mass is 381 g/mol. The molecule has 0 bridgehead atoms. The normalized spacial score (nSPS) is 16.1. The van der Waals surface area contributed by atoms with Crippen LogP contribution < -0.4 is 0 Å². The molecule has 2 heterocycles. The molecule has 1 aliphatic rings. The SMILES string of the molecule is CCOC(=O)c1csc(-c2sc(SC)c3c2CC(C)(C)CC3=O)n1. The molecule has 4 nitrogen and oxygen atoms in total. The molecule has 0 N–H and O–H groups in total. The molecule has 0 saturated carbocycles. The van der Waals surface area contributed by atoms with Gasteiger partial charge >= 0.3 is 5.97 Å². The molecule has 1 aliphatic carbocycles. The lowest BCUT2D eigenvalue weighted by molar-refractivity contribution is 0.0520. The van der Waals surface area contributed by atoms with E-state index in [0.29, 0.717) is 18.7 Å². The number of thiazole rings is 1. The molecule has 24 heavy (non-hydrogen) atoms. The van der Waals surface area contributed by atoms with Crippen molar-refractivity contribution >= 4 is 46.2 Å². The van der Waals surface area contributed by atoms with Crippen LogP contribution in [0.4, 0.5) is 0 Å². The van der Waals surface area contributed by atoms with Crippen LogP contribution in [0.15, 0.2) is 9.59 Å². The van der Waals surface area contributed by atoms with Gasteiger partial charge in [0.15, 0.2) is 11.5 Å². The summed E-state index contributed by atoms with van der Waals surface area (Å²) in [6.07, 6.45) is 3.43. The molecular formula is C17H19NO3S3. The topological polar surface area (TPSA) is 56.3 Å². The van der Waals surface area contributed by atoms with Crippen LogP contribution in [0.25, 0.3) is 9.88 Å². The van der Waals surface area contributed by atoms with E-state index in [0.717, 1.165) is 31.6 Å². The van der Waals surface area contributed by atoms with Crippen LogP contribution in [0.1, 0.15) is 53.6 Å². The van der Waals surface area contributed by atoms with Crippen molar-refractivity contribution < 1.29 is 14.3 Å². The largest absolute Gasteiger partial charge is 0.461 e. The molecule has 0 aromatic carbocycles. The molecule has 0 radical (unpaired) electrons. The summed E-state index contributed by atoms with van der Waals surface area (Å²) < 4.78 is 6.07. The average molecular weight is 382 g/mol. The van der Waals surface area contributed by atoms with Gasteiger partial charge in [-0.1, -0.05) is 13.8 Å². The summed E-state index contributed by atoms with van der Waals surface area (Å²) >= 11 is 4.65. The van der Waals surface area contributed by atoms with E-state index in [1.54, 1.807) is 35.4 Å². The number of nitrogens with zero attached hydrogens (tertiary/aromatic N) is 1. The zero-order valence-electron chi connectivity index (χ0n) is 14.1. The summed E-state index contributed by atoms with van der Waals surface area (Å²) in [5, 5.41) is 2.53. The summed E-state index contributed by atoms with van der Waals surface area (Å²) in [6.45, 7) is 6.36. The number of fused-ring (bicyclic) bond motifs is 1. The van der Waals surface area contributed by atoms with Gasteiger partial charge in [-0.05, 0) is 30.6 Å². The van der Waals surface area contributed by atoms with Crippen LogP contribution in [-0.4, -0.2) is 29.6 Å². The molecule has 2 aromatic rings. The van der Waals surface area contributed by atoms with E-state index >= 15 is 0 Å². The number of carbonyl (C=O) groups excluding carboxylic acids is 2. The van der Waals surface area contributed by atoms with E-state index in [1.165, 1.54) is 11.3 Å². The smallest absolute Gasteiger partial charge is 0.357 e. The van der Waals surface area contributed by atoms with Gasteiger partial charge in [0.1, 0.15) is 5.01 Å². The van der Waals surface area contributed by atoms with Gasteiger partial charge < -0.3 is 4.74 Å². The van der Waals surface area contributed by atoms with Crippen LogP contribution in [0.2, 0.25) is 0 Å². The quantitative estimate of drug-likeness (QED) is 0.555. The third kappa shape index (κ3) is 3.17. The number of ether oxygens (including phenoxy) is 1. The number of thioether (sulfide) groups is 1. The standard InChI is InChI=1S/C17H19NO3S3/c1-5-21-15(20)10-8-23-14(18-10)13-9-6-17(2,3)7-11(19)12(9)16(22-4)24-13/h8H,5-7H2,1-4H3. The minimum absolute atomic E-state index is 0.0448. The first kappa shape index (κ1) is 17.6. The van der Waals surface area contributed by atoms with Crippen molar-refractivity contribution in [3.05, 3.63) is 22.2 Å². The Morgan fingerprint density at radius 1 is 1.42 bits per heavy atom. The van der Waals surface area contributed by atoms with Crippen molar-refractivity contribution in [2.45, 2.75) is 37.8 Å². The van der Waals surface area contributed by atoms with Gasteiger partial charge in [0.2, 0.25) is 0 Å². The second kappa shape index (κ2) is 6.61. The van der Waals surface area contributed by atoms with Gasteiger partial charge in [0.05, 0.1) is 15.7 Å². The molecular weight excluding hydrogens is 362 g/mol. The maximum Gasteiger partial charge on any atom is 0.357 e. The van der Waals surface area contributed by atoms with E-state index in [-0.39, 0.29) is 11.2 Å². The van der Waals surface area contributed by atoms with Crippen LogP contribution in [0.3, 0.4) is 0 Å². The number of thiophene rings is 1. The van der Waals surface area contributed by atoms with Gasteiger partial charge in [-0.3, -0.25) is 4.79 Å². The van der Waals surface area contributed by atoms with E-state index < -0.39 is 5.97 Å². The molecule has 7 heteroatoms. The number of carbonyl (C=O) groups is 2. The maximum atomic E-state index is 12.6. The Hall–Kier alpha value is -1.18. The van der Waals surface area contributed by atoms with E-state index in [9.17, 15) is 9.59 Å². The second-order valence-corrected chi connectivity index (χ2v) is 9.43. The van der Waals surface area contributed by atoms with Crippen LogP contribution in [0.5, 0.6) is 0 Å². The van der Waals surface area contributed by atoms with Gasteiger partial charge in [-0.15, -0.1) is 34.4 Å². The summed E-state index contributed by atoms with van der Waals surface area (Å²) in [7, 11) is 0. The van der Waals surface area contributed by atoms with Crippen molar-refractivity contribution in [3.8, 4) is 9.88 Å². The fourth-order valence-electron chi connectivity index (χ4n) is 2.95. The first-order chi connectivity index (χ1) is 11.4. The lowest BCUT2D eigenvalue weighted by atomic mass is 9.74. The van der Waals surface area contributed by atoms with Gasteiger partial charge in [-0.25, -0.2) is 9.78 Å². The third-order valence-electron chi connectivity index (χ3n) is 3.92. The number of hydrogen-bond donors (Lipinski definition) is 0. The number of rotatable bonds is 4. The molecule has 0 spiro atoms. The molecule has 0 amide bonds. The number of Topliss-reactive ketones (excluding diaryl/α,β-unsaturated/α-hetero) is 1. The molecule has 2 aromatic heterocycles. The van der Waals surface area contributed by atoms with E-state index in [4.69, 9.17) is 4.74 Å². The molecule has 0 aliphatic heterocycles. The van der Waals surface area contributed by atoms with E-state index in [1.807, 2.05) is 6.26 Å². The lowest BCUT2D eigenvalue weighted by Crippen LogP contribution is -2.26. The van der Waals surface area contributed by atoms with Crippen LogP contribution >= 0.6 is 34.4 Å². The first-order valence-electron chi connectivity index (χ1n) is 7.72. The Bertz CT molecular complexity index is 804. The molecule has 0 fully saturated rings. The molecule has 0 atom stereocenters. The second-order valence-electron chi connectivity index (χ2n) is 6.48. The zero-order chi connectivity index (χ0) is 17.5. The van der Waals surface area contributed by atoms with Gasteiger partial charge in [-0.2, -0.15) is 0 Å². The summed E-state index contributed by atoms with van der Waals surface area (Å²) in [5.74, 6) is -0.179. The highest BCUT2D eigenvalue weighted by atomic mass is 32.2. The molecule has 128 valence electrons. The number of aromatic nitrogens is 1. The Kier molecular flexibility index (Phi) is 4.86. The molecule has 0 unspecified atom stereocenters. The average Bonchev–Trinajstić information content (AvgIpc) is 3.10. The molecule has 3 rings (SSSR count). The van der Waals surface area contributed by atoms with Gasteiger partial charge in [0.25, 0.3) is 0 Å². The third-order valence-corrected chi connectivity index (χ3v) is 7.26. The predicted molar refractivity (Wildman–Crippen MR) is 99.6 cm³/mol. The Morgan fingerprint density at radius 3 is 2.83 bits per heavy atom. The predicted octanol–water partition coefficient (Wildman–Crippen LogP) is 4.93. The highest BCUT2D eigenvalue weighted by Crippen LogP contribution is 2.48. The number of esters is 1. The van der Waals surface area contributed by atoms with Crippen molar-refractivity contribution in [2.75, 3.05) is 12.9 Å². The minimum Gasteiger partial charge on any atom is -0.461 e. The Morgan fingerprint density at radius 2 is 2.17 bits per heavy atom. The Labute approximate surface area is 153 Å². The first-order valence-corrected chi connectivity index (χ1v) is 10.6. The summed E-state index contributed by atoms with van der Waals surface area (Å²) in [4.78, 5) is 30.0. The van der Waals surface area contributed by atoms with Crippen molar-refractivity contribution in [3.63, 3.8) is 0 Å². The number of ketones is 1. The lowest BCUT2D eigenvalue weighted by Gasteiger charge is -2.29. The highest BCUT2D eigenvalue weighted by molar-refractivity contribution is 8.00. The highest BCUT2D eigenvalue weighted by Gasteiger charge is 2.36. The summed E-state index contributed by atoms with van der Waals surface area (Å²) in [6, 6.07) is 0. The van der Waals surface area contributed by atoms with Crippen molar-refractivity contribution in [1.82, 2.24) is 4.98 Å². The minimum atomic E-state index is -0.396. The van der Waals surface area contributed by atoms with Crippen LogP contribution in [0, 0.1) is 5.41 Å². The van der Waals surface area contributed by atoms with Crippen molar-refractivity contribution in [2.24, 2.45) is 5.41 Å².